The van der Waals surface area contributed by atoms with Crippen molar-refractivity contribution in [3.63, 3.8) is 0 Å². The summed E-state index contributed by atoms with van der Waals surface area (Å²) in [4.78, 5) is 12.6. The molecule has 0 unspecified atom stereocenters. The Morgan fingerprint density at radius 2 is 1.78 bits per heavy atom. The average Bonchev–Trinajstić information content (AvgIpc) is 2.88. The molecular weight excluding hydrogens is 290 g/mol. The Morgan fingerprint density at radius 3 is 2.52 bits per heavy atom. The van der Waals surface area contributed by atoms with E-state index in [4.69, 9.17) is 4.74 Å². The summed E-state index contributed by atoms with van der Waals surface area (Å²) in [5.74, 6) is 0.556. The van der Waals surface area contributed by atoms with E-state index in [1.165, 1.54) is 5.01 Å². The van der Waals surface area contributed by atoms with E-state index < -0.39 is 0 Å². The van der Waals surface area contributed by atoms with Gasteiger partial charge in [0.1, 0.15) is 5.75 Å². The average molecular weight is 307 g/mol. The Labute approximate surface area is 134 Å². The fraction of sp³-hybridized carbons (Fsp3) is 0.111. The summed E-state index contributed by atoms with van der Waals surface area (Å²) in [6, 6.07) is 16.9. The summed E-state index contributed by atoms with van der Waals surface area (Å²) in [6.07, 6.45) is 1.67. The molecule has 23 heavy (non-hydrogen) atoms. The number of anilines is 2. The van der Waals surface area contributed by atoms with Crippen molar-refractivity contribution >= 4 is 23.0 Å². The van der Waals surface area contributed by atoms with E-state index in [1.54, 1.807) is 13.3 Å². The minimum atomic E-state index is -0.156. The molecule has 1 heterocycles. The molecule has 0 radical (unpaired) electrons. The van der Waals surface area contributed by atoms with Crippen LogP contribution >= 0.6 is 0 Å². The zero-order valence-corrected chi connectivity index (χ0v) is 13.0. The van der Waals surface area contributed by atoms with Gasteiger partial charge in [-0.05, 0) is 31.2 Å². The number of ether oxygens (including phenoxy) is 1. The van der Waals surface area contributed by atoms with Gasteiger partial charge in [0.05, 0.1) is 29.8 Å². The molecule has 0 fully saturated rings. The lowest BCUT2D eigenvalue weighted by Gasteiger charge is -2.11. The van der Waals surface area contributed by atoms with E-state index in [1.807, 2.05) is 61.5 Å². The van der Waals surface area contributed by atoms with Crippen molar-refractivity contribution in [3.05, 3.63) is 66.4 Å². The second-order valence-corrected chi connectivity index (χ2v) is 5.04. The maximum atomic E-state index is 12.6. The molecule has 0 aromatic heterocycles. The van der Waals surface area contributed by atoms with Gasteiger partial charge in [0.15, 0.2) is 0 Å². The van der Waals surface area contributed by atoms with Gasteiger partial charge in [0, 0.05) is 6.20 Å². The summed E-state index contributed by atoms with van der Waals surface area (Å²) < 4.78 is 5.29. The van der Waals surface area contributed by atoms with Gasteiger partial charge in [-0.2, -0.15) is 10.1 Å². The van der Waals surface area contributed by atoms with E-state index in [0.29, 0.717) is 17.0 Å². The molecule has 5 heteroatoms. The Bertz CT molecular complexity index is 782. The van der Waals surface area contributed by atoms with E-state index in [9.17, 15) is 4.79 Å². The number of amides is 1. The zero-order chi connectivity index (χ0) is 16.2. The topological polar surface area (TPSA) is 53.9 Å². The van der Waals surface area contributed by atoms with Crippen molar-refractivity contribution in [1.82, 2.24) is 0 Å². The Hall–Kier alpha value is -3.08. The lowest BCUT2D eigenvalue weighted by atomic mass is 10.2. The first-order valence-corrected chi connectivity index (χ1v) is 7.25. The van der Waals surface area contributed by atoms with Gasteiger partial charge in [0.25, 0.3) is 5.91 Å². The molecule has 116 valence electrons. The molecule has 3 rings (SSSR count). The van der Waals surface area contributed by atoms with Crippen LogP contribution in [0.15, 0.2) is 71.5 Å². The highest BCUT2D eigenvalue weighted by Crippen LogP contribution is 2.26. The second kappa shape index (κ2) is 6.36. The Balaban J connectivity index is 1.84. The lowest BCUT2D eigenvalue weighted by molar-refractivity contribution is -0.114. The number of rotatable bonds is 4. The van der Waals surface area contributed by atoms with Crippen LogP contribution in [0.2, 0.25) is 0 Å². The van der Waals surface area contributed by atoms with Crippen molar-refractivity contribution in [2.45, 2.75) is 6.92 Å². The molecule has 0 saturated carbocycles. The summed E-state index contributed by atoms with van der Waals surface area (Å²) in [5, 5.41) is 8.87. The van der Waals surface area contributed by atoms with Crippen LogP contribution in [0.25, 0.3) is 0 Å². The van der Waals surface area contributed by atoms with E-state index in [-0.39, 0.29) is 5.91 Å². The van der Waals surface area contributed by atoms with Crippen LogP contribution in [-0.2, 0) is 4.79 Å². The van der Waals surface area contributed by atoms with Crippen molar-refractivity contribution in [1.29, 1.82) is 0 Å². The van der Waals surface area contributed by atoms with Crippen LogP contribution < -0.4 is 15.1 Å². The number of carbonyl (C=O) groups excluding carboxylic acids is 1. The third-order valence-corrected chi connectivity index (χ3v) is 3.54. The van der Waals surface area contributed by atoms with Crippen LogP contribution in [0.4, 0.5) is 11.4 Å². The van der Waals surface area contributed by atoms with Crippen LogP contribution in [0.5, 0.6) is 5.75 Å². The highest BCUT2D eigenvalue weighted by Gasteiger charge is 2.28. The molecule has 0 spiro atoms. The number of methoxy groups -OCH3 is 1. The fourth-order valence-electron chi connectivity index (χ4n) is 2.34. The summed E-state index contributed by atoms with van der Waals surface area (Å²) in [6.45, 7) is 1.82. The minimum Gasteiger partial charge on any atom is -0.495 e. The van der Waals surface area contributed by atoms with Crippen LogP contribution in [0.3, 0.4) is 0 Å². The first-order chi connectivity index (χ1) is 11.2. The van der Waals surface area contributed by atoms with Gasteiger partial charge < -0.3 is 10.1 Å². The van der Waals surface area contributed by atoms with Gasteiger partial charge in [-0.3, -0.25) is 4.79 Å². The minimum absolute atomic E-state index is 0.156. The summed E-state index contributed by atoms with van der Waals surface area (Å²) in [7, 11) is 1.61. The molecule has 1 amide bonds. The third kappa shape index (κ3) is 2.94. The first-order valence-electron chi connectivity index (χ1n) is 7.25. The molecule has 0 bridgehead atoms. The van der Waals surface area contributed by atoms with Crippen molar-refractivity contribution in [2.24, 2.45) is 5.10 Å². The van der Waals surface area contributed by atoms with Crippen LogP contribution in [0, 0.1) is 0 Å². The second-order valence-electron chi connectivity index (χ2n) is 5.04. The molecule has 1 aliphatic rings. The highest BCUT2D eigenvalue weighted by atomic mass is 16.5. The largest absolute Gasteiger partial charge is 0.495 e. The first kappa shape index (κ1) is 14.8. The molecule has 0 saturated heterocycles. The summed E-state index contributed by atoms with van der Waals surface area (Å²) in [5.41, 5.74) is 2.74. The SMILES string of the molecule is COc1ccccc1N/C=C1\C(=O)N(c2ccccc2)N=C1C. The number of carbonyl (C=O) groups is 1. The zero-order valence-electron chi connectivity index (χ0n) is 13.0. The van der Waals surface area contributed by atoms with Gasteiger partial charge in [0.2, 0.25) is 0 Å². The van der Waals surface area contributed by atoms with Crippen LogP contribution in [0.1, 0.15) is 6.92 Å². The number of benzene rings is 2. The molecule has 0 aliphatic carbocycles. The normalized spacial score (nSPS) is 15.7. The predicted octanol–water partition coefficient (Wildman–Crippen LogP) is 3.41. The van der Waals surface area contributed by atoms with E-state index >= 15 is 0 Å². The molecule has 5 nitrogen and oxygen atoms in total. The molecule has 0 atom stereocenters. The van der Waals surface area contributed by atoms with E-state index in [2.05, 4.69) is 10.4 Å². The maximum Gasteiger partial charge on any atom is 0.282 e. The standard InChI is InChI=1S/C18H17N3O2/c1-13-15(12-19-16-10-6-7-11-17(16)23-2)18(22)21(20-13)14-8-4-3-5-9-14/h3-12,19H,1-2H3/b15-12-. The monoisotopic (exact) mass is 307 g/mol. The number of hydrazone groups is 1. The quantitative estimate of drug-likeness (QED) is 0.881. The smallest absolute Gasteiger partial charge is 0.282 e. The lowest BCUT2D eigenvalue weighted by Crippen LogP contribution is -2.21. The molecule has 2 aromatic rings. The van der Waals surface area contributed by atoms with Gasteiger partial charge >= 0.3 is 0 Å². The highest BCUT2D eigenvalue weighted by molar-refractivity contribution is 6.29. The van der Waals surface area contributed by atoms with Crippen molar-refractivity contribution in [2.75, 3.05) is 17.4 Å². The van der Waals surface area contributed by atoms with Gasteiger partial charge in [-0.1, -0.05) is 30.3 Å². The van der Waals surface area contributed by atoms with Crippen molar-refractivity contribution in [3.8, 4) is 5.75 Å². The fourth-order valence-corrected chi connectivity index (χ4v) is 2.34. The maximum absolute atomic E-state index is 12.6. The van der Waals surface area contributed by atoms with E-state index in [0.717, 1.165) is 11.4 Å². The molecule has 1 aliphatic heterocycles. The number of hydrogen-bond acceptors (Lipinski definition) is 4. The van der Waals surface area contributed by atoms with Crippen molar-refractivity contribution < 1.29 is 9.53 Å². The van der Waals surface area contributed by atoms with Crippen LogP contribution in [-0.4, -0.2) is 18.7 Å². The predicted molar refractivity (Wildman–Crippen MR) is 91.7 cm³/mol. The Kier molecular flexibility index (Phi) is 4.10. The van der Waals surface area contributed by atoms with Gasteiger partial charge in [-0.15, -0.1) is 0 Å². The number of hydrogen-bond donors (Lipinski definition) is 1. The molecule has 2 aromatic carbocycles. The summed E-state index contributed by atoms with van der Waals surface area (Å²) >= 11 is 0. The number of para-hydroxylation sites is 3. The molecular formula is C18H17N3O2. The number of nitrogens with one attached hydrogen (secondary N) is 1. The Morgan fingerprint density at radius 1 is 1.09 bits per heavy atom. The molecule has 1 N–H and O–H groups in total. The number of nitrogens with zero attached hydrogens (tertiary/aromatic N) is 2. The van der Waals surface area contributed by atoms with Gasteiger partial charge in [-0.25, -0.2) is 0 Å². The third-order valence-electron chi connectivity index (χ3n) is 3.54.